The normalized spacial score (nSPS) is 13.6. The fourth-order valence-corrected chi connectivity index (χ4v) is 3.17. The average Bonchev–Trinajstić information content (AvgIpc) is 2.69. The van der Waals surface area contributed by atoms with Crippen molar-refractivity contribution in [1.82, 2.24) is 5.32 Å². The molecule has 0 radical (unpaired) electrons. The van der Waals surface area contributed by atoms with E-state index in [9.17, 15) is 9.90 Å². The molecule has 1 aromatic rings. The van der Waals surface area contributed by atoms with Gasteiger partial charge in [0.15, 0.2) is 0 Å². The number of benzene rings is 1. The number of ether oxygens (including phenoxy) is 1. The molecule has 0 saturated heterocycles. The van der Waals surface area contributed by atoms with E-state index < -0.39 is 0 Å². The van der Waals surface area contributed by atoms with Gasteiger partial charge in [0.25, 0.3) is 5.91 Å². The van der Waals surface area contributed by atoms with Gasteiger partial charge in [-0.3, -0.25) is 4.79 Å². The van der Waals surface area contributed by atoms with Gasteiger partial charge in [-0.05, 0) is 43.5 Å². The van der Waals surface area contributed by atoms with Gasteiger partial charge in [0.05, 0.1) is 18.6 Å². The lowest BCUT2D eigenvalue weighted by Crippen LogP contribution is -2.26. The Morgan fingerprint density at radius 2 is 2.07 bits per heavy atom. The number of hydrogen-bond acceptors (Lipinski definition) is 4. The number of unbranched alkanes of at least 4 members (excludes halogenated alkanes) is 2. The van der Waals surface area contributed by atoms with Crippen LogP contribution in [0.5, 0.6) is 5.75 Å². The molecule has 1 aliphatic rings. The van der Waals surface area contributed by atoms with Crippen LogP contribution in [0.3, 0.4) is 0 Å². The van der Waals surface area contributed by atoms with E-state index in [1.807, 2.05) is 25.3 Å². The molecule has 148 valence electrons. The first-order valence-corrected chi connectivity index (χ1v) is 9.80. The molecule has 27 heavy (non-hydrogen) atoms. The molecule has 0 heterocycles. The van der Waals surface area contributed by atoms with E-state index in [4.69, 9.17) is 4.74 Å². The summed E-state index contributed by atoms with van der Waals surface area (Å²) in [7, 11) is 3.69. The van der Waals surface area contributed by atoms with Gasteiger partial charge in [0.1, 0.15) is 5.75 Å². The van der Waals surface area contributed by atoms with Gasteiger partial charge >= 0.3 is 0 Å². The van der Waals surface area contributed by atoms with Crippen molar-refractivity contribution in [3.63, 3.8) is 0 Å². The monoisotopic (exact) mass is 372 g/mol. The van der Waals surface area contributed by atoms with Crippen molar-refractivity contribution in [3.8, 4) is 5.75 Å². The lowest BCUT2D eigenvalue weighted by atomic mass is 10.0. The molecule has 0 bridgehead atoms. The number of nitrogens with one attached hydrogen (secondary N) is 1. The molecule has 5 heteroatoms. The van der Waals surface area contributed by atoms with Gasteiger partial charge in [-0.15, -0.1) is 0 Å². The minimum Gasteiger partial charge on any atom is -0.512 e. The zero-order chi connectivity index (χ0) is 19.6. The summed E-state index contributed by atoms with van der Waals surface area (Å²) in [5, 5.41) is 12.4. The summed E-state index contributed by atoms with van der Waals surface area (Å²) in [5.74, 6) is 1.14. The Morgan fingerprint density at radius 1 is 1.26 bits per heavy atom. The highest BCUT2D eigenvalue weighted by atomic mass is 16.5. The molecule has 0 atom stereocenters. The van der Waals surface area contributed by atoms with E-state index >= 15 is 0 Å². The van der Waals surface area contributed by atoms with Gasteiger partial charge in [0, 0.05) is 32.1 Å². The van der Waals surface area contributed by atoms with Crippen molar-refractivity contribution in [2.45, 2.75) is 45.4 Å². The molecule has 0 aliphatic heterocycles. The first kappa shape index (κ1) is 20.9. The number of aliphatic hydroxyl groups is 1. The number of aliphatic hydroxyl groups excluding tert-OH is 1. The molecule has 0 saturated carbocycles. The minimum absolute atomic E-state index is 0.0735. The minimum atomic E-state index is -0.0735. The zero-order valence-electron chi connectivity index (χ0n) is 16.8. The first-order chi connectivity index (χ1) is 13.0. The van der Waals surface area contributed by atoms with Crippen LogP contribution in [0, 0.1) is 0 Å². The van der Waals surface area contributed by atoms with Crippen LogP contribution in [0.4, 0.5) is 5.69 Å². The predicted molar refractivity (Wildman–Crippen MR) is 111 cm³/mol. The van der Waals surface area contributed by atoms with Gasteiger partial charge in [-0.25, -0.2) is 0 Å². The number of allylic oxidation sites excluding steroid dienone is 3. The molecular formula is C22H32N2O3. The van der Waals surface area contributed by atoms with Gasteiger partial charge in [-0.1, -0.05) is 31.4 Å². The molecule has 2 N–H and O–H groups in total. The second-order valence-electron chi connectivity index (χ2n) is 7.00. The van der Waals surface area contributed by atoms with E-state index in [1.165, 1.54) is 18.4 Å². The number of anilines is 1. The summed E-state index contributed by atoms with van der Waals surface area (Å²) >= 11 is 0. The van der Waals surface area contributed by atoms with Crippen LogP contribution in [0.25, 0.3) is 0 Å². The van der Waals surface area contributed by atoms with Crippen LogP contribution < -0.4 is 15.0 Å². The summed E-state index contributed by atoms with van der Waals surface area (Å²) in [6.45, 7) is 3.71. The van der Waals surface area contributed by atoms with Crippen LogP contribution in [0.1, 0.15) is 55.8 Å². The summed E-state index contributed by atoms with van der Waals surface area (Å²) in [6.07, 6.45) is 9.52. The third-order valence-corrected chi connectivity index (χ3v) is 4.89. The van der Waals surface area contributed by atoms with E-state index in [0.717, 1.165) is 37.2 Å². The maximum absolute atomic E-state index is 12.5. The van der Waals surface area contributed by atoms with Crippen LogP contribution in [-0.4, -0.2) is 38.3 Å². The SMILES string of the molecule is CCCCCN(C)c1cc(C(=O)NCCC2=CC=C(O)CC2)ccc1OC. The Kier molecular flexibility index (Phi) is 8.24. The van der Waals surface area contributed by atoms with Crippen molar-refractivity contribution < 1.29 is 14.6 Å². The number of amides is 1. The largest absolute Gasteiger partial charge is 0.512 e. The maximum atomic E-state index is 12.5. The van der Waals surface area contributed by atoms with E-state index in [0.29, 0.717) is 24.3 Å². The van der Waals surface area contributed by atoms with Crippen molar-refractivity contribution in [2.24, 2.45) is 0 Å². The van der Waals surface area contributed by atoms with Crippen molar-refractivity contribution in [2.75, 3.05) is 32.1 Å². The van der Waals surface area contributed by atoms with Gasteiger partial charge in [0.2, 0.25) is 0 Å². The Hall–Kier alpha value is -2.43. The topological polar surface area (TPSA) is 61.8 Å². The van der Waals surface area contributed by atoms with Crippen LogP contribution in [-0.2, 0) is 0 Å². The van der Waals surface area contributed by atoms with Crippen molar-refractivity contribution >= 4 is 11.6 Å². The molecule has 1 amide bonds. The van der Waals surface area contributed by atoms with E-state index in [1.54, 1.807) is 19.3 Å². The van der Waals surface area contributed by atoms with Gasteiger partial charge < -0.3 is 20.1 Å². The maximum Gasteiger partial charge on any atom is 0.251 e. The number of carbonyl (C=O) groups is 1. The fraction of sp³-hybridized carbons (Fsp3) is 0.500. The smallest absolute Gasteiger partial charge is 0.251 e. The molecule has 0 unspecified atom stereocenters. The van der Waals surface area contributed by atoms with Crippen LogP contribution >= 0.6 is 0 Å². The summed E-state index contributed by atoms with van der Waals surface area (Å²) in [5.41, 5.74) is 2.83. The molecule has 0 spiro atoms. The fourth-order valence-electron chi connectivity index (χ4n) is 3.17. The second-order valence-corrected chi connectivity index (χ2v) is 7.00. The average molecular weight is 373 g/mol. The lowest BCUT2D eigenvalue weighted by Gasteiger charge is -2.22. The summed E-state index contributed by atoms with van der Waals surface area (Å²) < 4.78 is 5.47. The third-order valence-electron chi connectivity index (χ3n) is 4.89. The van der Waals surface area contributed by atoms with E-state index in [-0.39, 0.29) is 5.91 Å². The highest BCUT2D eigenvalue weighted by molar-refractivity contribution is 5.95. The Balaban J connectivity index is 1.96. The number of methoxy groups -OCH3 is 1. The highest BCUT2D eigenvalue weighted by Gasteiger charge is 2.13. The quantitative estimate of drug-likeness (QED) is 0.589. The zero-order valence-corrected chi connectivity index (χ0v) is 16.8. The first-order valence-electron chi connectivity index (χ1n) is 9.80. The highest BCUT2D eigenvalue weighted by Crippen LogP contribution is 2.29. The molecule has 1 aliphatic carbocycles. The number of hydrogen-bond donors (Lipinski definition) is 2. The molecule has 5 nitrogen and oxygen atoms in total. The van der Waals surface area contributed by atoms with Crippen molar-refractivity contribution in [3.05, 3.63) is 47.2 Å². The van der Waals surface area contributed by atoms with Gasteiger partial charge in [-0.2, -0.15) is 0 Å². The lowest BCUT2D eigenvalue weighted by molar-refractivity contribution is 0.0954. The summed E-state index contributed by atoms with van der Waals surface area (Å²) in [6, 6.07) is 5.57. The van der Waals surface area contributed by atoms with Crippen molar-refractivity contribution in [1.29, 1.82) is 0 Å². The Labute approximate surface area is 162 Å². The standard InChI is InChI=1S/C22H32N2O3/c1-4-5-6-15-24(2)20-16-18(9-12-21(20)27-3)22(26)23-14-13-17-7-10-19(25)11-8-17/h7,9-10,12,16,25H,4-6,8,11,13-15H2,1-3H3,(H,23,26). The predicted octanol–water partition coefficient (Wildman–Crippen LogP) is 4.60. The molecule has 0 aromatic heterocycles. The Morgan fingerprint density at radius 3 is 2.74 bits per heavy atom. The molecule has 2 rings (SSSR count). The molecular weight excluding hydrogens is 340 g/mol. The number of rotatable bonds is 10. The van der Waals surface area contributed by atoms with Crippen LogP contribution in [0.2, 0.25) is 0 Å². The summed E-state index contributed by atoms with van der Waals surface area (Å²) in [4.78, 5) is 14.7. The molecule has 1 aromatic carbocycles. The number of nitrogens with zero attached hydrogens (tertiary/aromatic N) is 1. The second kappa shape index (κ2) is 10.7. The Bertz CT molecular complexity index is 695. The van der Waals surface area contributed by atoms with E-state index in [2.05, 4.69) is 17.1 Å². The number of carbonyl (C=O) groups excluding carboxylic acids is 1. The third kappa shape index (κ3) is 6.35. The van der Waals surface area contributed by atoms with Crippen LogP contribution in [0.15, 0.2) is 41.7 Å². The molecule has 0 fully saturated rings.